The van der Waals surface area contributed by atoms with Crippen LogP contribution in [-0.2, 0) is 0 Å². The van der Waals surface area contributed by atoms with Crippen molar-refractivity contribution < 1.29 is 0 Å². The Morgan fingerprint density at radius 1 is 1.15 bits per heavy atom. The molecule has 0 spiro atoms. The summed E-state index contributed by atoms with van der Waals surface area (Å²) in [6.45, 7) is 2.27. The third-order valence-electron chi connectivity index (χ3n) is 3.06. The van der Waals surface area contributed by atoms with Crippen molar-refractivity contribution in [3.8, 4) is 0 Å². The van der Waals surface area contributed by atoms with Gasteiger partial charge >= 0.3 is 0 Å². The van der Waals surface area contributed by atoms with E-state index in [1.165, 1.54) is 55.4 Å². The topological polar surface area (TPSA) is 0 Å². The van der Waals surface area contributed by atoms with Crippen molar-refractivity contribution in [1.82, 2.24) is 0 Å². The van der Waals surface area contributed by atoms with Gasteiger partial charge in [0.05, 0.1) is 0 Å². The SMILES string of the molecule is CCSCC1(CBr)CCCCCC1. The van der Waals surface area contributed by atoms with Gasteiger partial charge in [-0.05, 0) is 29.8 Å². The summed E-state index contributed by atoms with van der Waals surface area (Å²) in [5.74, 6) is 2.64. The van der Waals surface area contributed by atoms with Crippen molar-refractivity contribution in [3.63, 3.8) is 0 Å². The molecule has 0 atom stereocenters. The lowest BCUT2D eigenvalue weighted by molar-refractivity contribution is 0.334. The van der Waals surface area contributed by atoms with Gasteiger partial charge in [-0.25, -0.2) is 0 Å². The molecule has 0 amide bonds. The van der Waals surface area contributed by atoms with Crippen LogP contribution in [-0.4, -0.2) is 16.8 Å². The van der Waals surface area contributed by atoms with Crippen LogP contribution in [0.25, 0.3) is 0 Å². The maximum absolute atomic E-state index is 3.72. The predicted molar refractivity (Wildman–Crippen MR) is 66.9 cm³/mol. The third kappa shape index (κ3) is 3.83. The van der Waals surface area contributed by atoms with Crippen molar-refractivity contribution in [2.24, 2.45) is 5.41 Å². The molecular weight excluding hydrogens is 244 g/mol. The van der Waals surface area contributed by atoms with Gasteiger partial charge in [0, 0.05) is 5.33 Å². The highest BCUT2D eigenvalue weighted by molar-refractivity contribution is 9.09. The Kier molecular flexibility index (Phi) is 5.80. The van der Waals surface area contributed by atoms with E-state index in [2.05, 4.69) is 34.6 Å². The molecule has 0 unspecified atom stereocenters. The van der Waals surface area contributed by atoms with Gasteiger partial charge in [0.1, 0.15) is 0 Å². The van der Waals surface area contributed by atoms with E-state index >= 15 is 0 Å². The summed E-state index contributed by atoms with van der Waals surface area (Å²) in [5, 5.41) is 1.22. The normalized spacial score (nSPS) is 22.6. The summed E-state index contributed by atoms with van der Waals surface area (Å²) in [6, 6.07) is 0. The maximum Gasteiger partial charge on any atom is 0.00958 e. The van der Waals surface area contributed by atoms with Crippen molar-refractivity contribution in [2.75, 3.05) is 16.8 Å². The molecule has 0 radical (unpaired) electrons. The fourth-order valence-electron chi connectivity index (χ4n) is 2.11. The van der Waals surface area contributed by atoms with Crippen LogP contribution in [0.4, 0.5) is 0 Å². The van der Waals surface area contributed by atoms with Crippen LogP contribution in [0.1, 0.15) is 45.4 Å². The zero-order chi connectivity index (χ0) is 9.57. The summed E-state index contributed by atoms with van der Waals surface area (Å²) < 4.78 is 0. The smallest absolute Gasteiger partial charge is 0.00958 e. The van der Waals surface area contributed by atoms with Gasteiger partial charge in [0.2, 0.25) is 0 Å². The quantitative estimate of drug-likeness (QED) is 0.533. The van der Waals surface area contributed by atoms with Crippen LogP contribution in [0.15, 0.2) is 0 Å². The molecule has 1 aliphatic rings. The fourth-order valence-corrected chi connectivity index (χ4v) is 4.16. The highest BCUT2D eigenvalue weighted by Crippen LogP contribution is 2.39. The number of hydrogen-bond donors (Lipinski definition) is 0. The molecule has 78 valence electrons. The largest absolute Gasteiger partial charge is 0.162 e. The maximum atomic E-state index is 3.72. The van der Waals surface area contributed by atoms with E-state index in [0.29, 0.717) is 5.41 Å². The van der Waals surface area contributed by atoms with Gasteiger partial charge in [0.15, 0.2) is 0 Å². The first-order valence-corrected chi connectivity index (χ1v) is 7.74. The molecule has 0 aliphatic heterocycles. The van der Waals surface area contributed by atoms with Crippen molar-refractivity contribution >= 4 is 27.7 Å². The zero-order valence-electron chi connectivity index (χ0n) is 8.65. The zero-order valence-corrected chi connectivity index (χ0v) is 11.1. The molecule has 0 aromatic carbocycles. The minimum atomic E-state index is 0.636. The lowest BCUT2D eigenvalue weighted by Crippen LogP contribution is -2.25. The molecular formula is C11H21BrS. The van der Waals surface area contributed by atoms with Gasteiger partial charge < -0.3 is 0 Å². The second-order valence-corrected chi connectivity index (χ2v) is 6.02. The third-order valence-corrected chi connectivity index (χ3v) is 5.47. The van der Waals surface area contributed by atoms with Gasteiger partial charge in [-0.3, -0.25) is 0 Å². The average molecular weight is 265 g/mol. The summed E-state index contributed by atoms with van der Waals surface area (Å²) in [7, 11) is 0. The molecule has 0 heterocycles. The Morgan fingerprint density at radius 2 is 1.77 bits per heavy atom. The first-order chi connectivity index (χ1) is 6.33. The summed E-state index contributed by atoms with van der Waals surface area (Å²) in [6.07, 6.45) is 8.74. The molecule has 0 aromatic rings. The number of rotatable bonds is 4. The van der Waals surface area contributed by atoms with Crippen LogP contribution in [0.3, 0.4) is 0 Å². The molecule has 1 rings (SSSR count). The Morgan fingerprint density at radius 3 is 2.23 bits per heavy atom. The Balaban J connectivity index is 2.43. The second kappa shape index (κ2) is 6.34. The number of hydrogen-bond acceptors (Lipinski definition) is 1. The fraction of sp³-hybridized carbons (Fsp3) is 1.00. The first kappa shape index (κ1) is 11.9. The highest BCUT2D eigenvalue weighted by atomic mass is 79.9. The van der Waals surface area contributed by atoms with E-state index in [4.69, 9.17) is 0 Å². The van der Waals surface area contributed by atoms with E-state index in [-0.39, 0.29) is 0 Å². The Bertz CT molecular complexity index is 128. The molecule has 1 saturated carbocycles. The molecule has 2 heteroatoms. The Labute approximate surface area is 95.4 Å². The minimum absolute atomic E-state index is 0.636. The number of halogens is 1. The van der Waals surface area contributed by atoms with E-state index in [1.54, 1.807) is 0 Å². The van der Waals surface area contributed by atoms with Crippen LogP contribution >= 0.6 is 27.7 Å². The van der Waals surface area contributed by atoms with Crippen LogP contribution in [0.2, 0.25) is 0 Å². The molecule has 13 heavy (non-hydrogen) atoms. The van der Waals surface area contributed by atoms with Crippen LogP contribution < -0.4 is 0 Å². The van der Waals surface area contributed by atoms with E-state index in [1.807, 2.05) is 0 Å². The molecule has 1 aliphatic carbocycles. The monoisotopic (exact) mass is 264 g/mol. The van der Waals surface area contributed by atoms with E-state index in [9.17, 15) is 0 Å². The predicted octanol–water partition coefficient (Wildman–Crippen LogP) is 4.48. The standard InChI is InChI=1S/C11H21BrS/c1-2-13-10-11(9-12)7-5-3-4-6-8-11/h2-10H2,1H3. The van der Waals surface area contributed by atoms with Crippen molar-refractivity contribution in [2.45, 2.75) is 45.4 Å². The minimum Gasteiger partial charge on any atom is -0.162 e. The second-order valence-electron chi connectivity index (χ2n) is 4.18. The Hall–Kier alpha value is 0.830. The van der Waals surface area contributed by atoms with E-state index < -0.39 is 0 Å². The lowest BCUT2D eigenvalue weighted by Gasteiger charge is -2.30. The highest BCUT2D eigenvalue weighted by Gasteiger charge is 2.29. The summed E-state index contributed by atoms with van der Waals surface area (Å²) in [5.41, 5.74) is 0.636. The summed E-state index contributed by atoms with van der Waals surface area (Å²) in [4.78, 5) is 0. The first-order valence-electron chi connectivity index (χ1n) is 5.47. The summed E-state index contributed by atoms with van der Waals surface area (Å²) >= 11 is 5.84. The van der Waals surface area contributed by atoms with Gasteiger partial charge in [-0.15, -0.1) is 0 Å². The molecule has 0 nitrogen and oxygen atoms in total. The van der Waals surface area contributed by atoms with Crippen LogP contribution in [0.5, 0.6) is 0 Å². The number of thioether (sulfide) groups is 1. The molecule has 0 aromatic heterocycles. The van der Waals surface area contributed by atoms with E-state index in [0.717, 1.165) is 0 Å². The van der Waals surface area contributed by atoms with Crippen LogP contribution in [0, 0.1) is 5.41 Å². The van der Waals surface area contributed by atoms with Crippen molar-refractivity contribution in [3.05, 3.63) is 0 Å². The molecule has 0 saturated heterocycles. The molecule has 1 fully saturated rings. The van der Waals surface area contributed by atoms with Gasteiger partial charge in [-0.2, -0.15) is 11.8 Å². The number of alkyl halides is 1. The lowest BCUT2D eigenvalue weighted by atomic mass is 9.85. The average Bonchev–Trinajstić information content (AvgIpc) is 2.41. The van der Waals surface area contributed by atoms with Crippen molar-refractivity contribution in [1.29, 1.82) is 0 Å². The molecule has 0 N–H and O–H groups in total. The van der Waals surface area contributed by atoms with Gasteiger partial charge in [0.25, 0.3) is 0 Å². The van der Waals surface area contributed by atoms with Gasteiger partial charge in [-0.1, -0.05) is 48.5 Å². The molecule has 0 bridgehead atoms.